The average Bonchev–Trinajstić information content (AvgIpc) is 2.20. The van der Waals surface area contributed by atoms with Gasteiger partial charge in [-0.3, -0.25) is 0 Å². The summed E-state index contributed by atoms with van der Waals surface area (Å²) in [6.07, 6.45) is 0.0294. The Bertz CT molecular complexity index is 325. The fraction of sp³-hybridized carbons (Fsp3) is 0.500. The molecule has 3 atom stereocenters. The van der Waals surface area contributed by atoms with Gasteiger partial charge in [0.2, 0.25) is 0 Å². The summed E-state index contributed by atoms with van der Waals surface area (Å²) >= 11 is 0. The number of benzene rings is 1. The molecule has 0 radical (unpaired) electrons. The number of halogens is 1. The number of ether oxygens (including phenoxy) is 1. The Morgan fingerprint density at radius 2 is 1.93 bits per heavy atom. The van der Waals surface area contributed by atoms with Crippen molar-refractivity contribution in [2.75, 3.05) is 6.61 Å². The van der Waals surface area contributed by atoms with Crippen molar-refractivity contribution in [2.24, 2.45) is 0 Å². The van der Waals surface area contributed by atoms with Crippen LogP contribution in [0.3, 0.4) is 0 Å². The summed E-state index contributed by atoms with van der Waals surface area (Å²) in [5, 5.41) is 3.42. The zero-order valence-corrected chi connectivity index (χ0v) is 9.03. The zero-order valence-electron chi connectivity index (χ0n) is 9.03. The van der Waals surface area contributed by atoms with E-state index in [2.05, 4.69) is 19.2 Å². The van der Waals surface area contributed by atoms with E-state index in [1.165, 1.54) is 12.1 Å². The summed E-state index contributed by atoms with van der Waals surface area (Å²) in [5.74, 6) is -0.205. The third kappa shape index (κ3) is 2.36. The lowest BCUT2D eigenvalue weighted by Crippen LogP contribution is -2.47. The lowest BCUT2D eigenvalue weighted by molar-refractivity contribution is -0.0207. The molecule has 0 spiro atoms. The molecule has 1 fully saturated rings. The molecule has 1 heterocycles. The van der Waals surface area contributed by atoms with Gasteiger partial charge in [0.1, 0.15) is 5.82 Å². The molecular weight excluding hydrogens is 193 g/mol. The Balaban J connectivity index is 2.13. The molecular formula is C12H16FNO. The van der Waals surface area contributed by atoms with Crippen LogP contribution in [0.1, 0.15) is 25.5 Å². The lowest BCUT2D eigenvalue weighted by atomic mass is 10.0. The van der Waals surface area contributed by atoms with E-state index in [-0.39, 0.29) is 18.0 Å². The lowest BCUT2D eigenvalue weighted by Gasteiger charge is -2.34. The number of rotatable bonds is 1. The van der Waals surface area contributed by atoms with Crippen molar-refractivity contribution in [3.8, 4) is 0 Å². The van der Waals surface area contributed by atoms with Gasteiger partial charge in [-0.2, -0.15) is 0 Å². The molecule has 1 saturated heterocycles. The Kier molecular flexibility index (Phi) is 3.03. The topological polar surface area (TPSA) is 21.3 Å². The molecule has 2 rings (SSSR count). The van der Waals surface area contributed by atoms with E-state index >= 15 is 0 Å². The smallest absolute Gasteiger partial charge is 0.123 e. The van der Waals surface area contributed by atoms with Crippen LogP contribution in [0.15, 0.2) is 24.3 Å². The molecule has 3 heteroatoms. The van der Waals surface area contributed by atoms with Crippen LogP contribution in [0.5, 0.6) is 0 Å². The molecule has 1 N–H and O–H groups in total. The van der Waals surface area contributed by atoms with Gasteiger partial charge in [-0.05, 0) is 31.5 Å². The maximum Gasteiger partial charge on any atom is 0.123 e. The molecule has 0 amide bonds. The highest BCUT2D eigenvalue weighted by Gasteiger charge is 2.26. The highest BCUT2D eigenvalue weighted by Crippen LogP contribution is 2.24. The summed E-state index contributed by atoms with van der Waals surface area (Å²) in [5.41, 5.74) is 1.03. The van der Waals surface area contributed by atoms with Gasteiger partial charge in [0.15, 0.2) is 0 Å². The van der Waals surface area contributed by atoms with E-state index in [0.717, 1.165) is 5.56 Å². The molecule has 0 aliphatic carbocycles. The summed E-state index contributed by atoms with van der Waals surface area (Å²) in [6, 6.07) is 7.17. The van der Waals surface area contributed by atoms with E-state index in [1.807, 2.05) is 0 Å². The van der Waals surface area contributed by atoms with Crippen molar-refractivity contribution < 1.29 is 9.13 Å². The van der Waals surface area contributed by atoms with Crippen LogP contribution in [0.2, 0.25) is 0 Å². The molecule has 2 nitrogen and oxygen atoms in total. The molecule has 0 aromatic heterocycles. The van der Waals surface area contributed by atoms with Crippen molar-refractivity contribution in [3.63, 3.8) is 0 Å². The second-order valence-corrected chi connectivity index (χ2v) is 4.16. The van der Waals surface area contributed by atoms with E-state index in [1.54, 1.807) is 12.1 Å². The predicted octanol–water partition coefficient (Wildman–Crippen LogP) is 2.26. The second kappa shape index (κ2) is 4.29. The van der Waals surface area contributed by atoms with Crippen molar-refractivity contribution in [2.45, 2.75) is 32.0 Å². The number of nitrogens with one attached hydrogen (secondary N) is 1. The fourth-order valence-corrected chi connectivity index (χ4v) is 2.01. The van der Waals surface area contributed by atoms with Gasteiger partial charge in [-0.25, -0.2) is 4.39 Å². The van der Waals surface area contributed by atoms with Gasteiger partial charge in [0, 0.05) is 12.1 Å². The minimum absolute atomic E-state index is 0.0294. The Hall–Kier alpha value is -0.930. The summed E-state index contributed by atoms with van der Waals surface area (Å²) < 4.78 is 18.5. The SMILES string of the molecule is CC1N[C@@H](C)COC1c1ccc(F)cc1. The zero-order chi connectivity index (χ0) is 10.8. The van der Waals surface area contributed by atoms with Crippen LogP contribution in [0, 0.1) is 5.82 Å². The Labute approximate surface area is 89.4 Å². The molecule has 1 aromatic rings. The van der Waals surface area contributed by atoms with Crippen LogP contribution in [-0.2, 0) is 4.74 Å². The third-order valence-electron chi connectivity index (χ3n) is 2.73. The largest absolute Gasteiger partial charge is 0.370 e. The molecule has 2 unspecified atom stereocenters. The van der Waals surface area contributed by atoms with E-state index in [0.29, 0.717) is 12.6 Å². The summed E-state index contributed by atoms with van der Waals surface area (Å²) in [6.45, 7) is 4.88. The summed E-state index contributed by atoms with van der Waals surface area (Å²) in [4.78, 5) is 0. The average molecular weight is 209 g/mol. The van der Waals surface area contributed by atoms with Gasteiger partial charge in [-0.15, -0.1) is 0 Å². The first-order chi connectivity index (χ1) is 7.16. The first-order valence-electron chi connectivity index (χ1n) is 5.30. The van der Waals surface area contributed by atoms with Crippen molar-refractivity contribution in [1.82, 2.24) is 5.32 Å². The molecule has 1 aliphatic heterocycles. The molecule has 82 valence electrons. The van der Waals surface area contributed by atoms with Gasteiger partial charge in [-0.1, -0.05) is 12.1 Å². The van der Waals surface area contributed by atoms with Crippen LogP contribution in [0.4, 0.5) is 4.39 Å². The molecule has 1 aliphatic rings. The number of hydrogen-bond acceptors (Lipinski definition) is 2. The van der Waals surface area contributed by atoms with Crippen molar-refractivity contribution in [3.05, 3.63) is 35.6 Å². The fourth-order valence-electron chi connectivity index (χ4n) is 2.01. The van der Waals surface area contributed by atoms with Gasteiger partial charge < -0.3 is 10.1 Å². The first kappa shape index (κ1) is 10.6. The number of hydrogen-bond donors (Lipinski definition) is 1. The van der Waals surface area contributed by atoms with Crippen LogP contribution in [0.25, 0.3) is 0 Å². The quantitative estimate of drug-likeness (QED) is 0.766. The van der Waals surface area contributed by atoms with E-state index < -0.39 is 0 Å². The monoisotopic (exact) mass is 209 g/mol. The molecule has 1 aromatic carbocycles. The standard InChI is InChI=1S/C12H16FNO/c1-8-7-15-12(9(2)14-8)10-3-5-11(13)6-4-10/h3-6,8-9,12,14H,7H2,1-2H3/t8-,9?,12?/m0/s1. The van der Waals surface area contributed by atoms with Crippen molar-refractivity contribution >= 4 is 0 Å². The first-order valence-corrected chi connectivity index (χ1v) is 5.30. The van der Waals surface area contributed by atoms with E-state index in [4.69, 9.17) is 4.74 Å². The second-order valence-electron chi connectivity index (χ2n) is 4.16. The highest BCUT2D eigenvalue weighted by molar-refractivity contribution is 5.20. The van der Waals surface area contributed by atoms with E-state index in [9.17, 15) is 4.39 Å². The maximum absolute atomic E-state index is 12.8. The van der Waals surface area contributed by atoms with Crippen molar-refractivity contribution in [1.29, 1.82) is 0 Å². The normalized spacial score (nSPS) is 31.5. The minimum atomic E-state index is -0.205. The highest BCUT2D eigenvalue weighted by atomic mass is 19.1. The predicted molar refractivity (Wildman–Crippen MR) is 57.2 cm³/mol. The van der Waals surface area contributed by atoms with Crippen LogP contribution < -0.4 is 5.32 Å². The Morgan fingerprint density at radius 1 is 1.27 bits per heavy atom. The number of morpholine rings is 1. The molecule has 0 saturated carbocycles. The Morgan fingerprint density at radius 3 is 2.53 bits per heavy atom. The molecule has 15 heavy (non-hydrogen) atoms. The third-order valence-corrected chi connectivity index (χ3v) is 2.73. The minimum Gasteiger partial charge on any atom is -0.370 e. The van der Waals surface area contributed by atoms with Gasteiger partial charge in [0.05, 0.1) is 12.7 Å². The van der Waals surface area contributed by atoms with Gasteiger partial charge >= 0.3 is 0 Å². The van der Waals surface area contributed by atoms with Crippen LogP contribution >= 0.6 is 0 Å². The maximum atomic E-state index is 12.8. The summed E-state index contributed by atoms with van der Waals surface area (Å²) in [7, 11) is 0. The van der Waals surface area contributed by atoms with Crippen LogP contribution in [-0.4, -0.2) is 18.7 Å². The van der Waals surface area contributed by atoms with Gasteiger partial charge in [0.25, 0.3) is 0 Å². The molecule has 0 bridgehead atoms.